The van der Waals surface area contributed by atoms with Crippen molar-refractivity contribution >= 4 is 29.2 Å². The van der Waals surface area contributed by atoms with Crippen molar-refractivity contribution in [3.8, 4) is 0 Å². The Hall–Kier alpha value is -3.15. The summed E-state index contributed by atoms with van der Waals surface area (Å²) < 4.78 is 4.60. The fraction of sp³-hybridized carbons (Fsp3) is 0.167. The lowest BCUT2D eigenvalue weighted by molar-refractivity contribution is -0.123. The summed E-state index contributed by atoms with van der Waals surface area (Å²) in [5.41, 5.74) is 2.54. The van der Waals surface area contributed by atoms with Gasteiger partial charge in [0.1, 0.15) is 6.42 Å². The molecule has 0 saturated heterocycles. The number of rotatable bonds is 5. The van der Waals surface area contributed by atoms with Gasteiger partial charge < -0.3 is 15.4 Å². The maximum absolute atomic E-state index is 11.9. The lowest BCUT2D eigenvalue weighted by Gasteiger charge is -2.07. The third-order valence-corrected chi connectivity index (χ3v) is 3.21. The summed E-state index contributed by atoms with van der Waals surface area (Å²) in [5.74, 6) is -1.29. The molecule has 0 aromatic heterocycles. The van der Waals surface area contributed by atoms with Crippen molar-refractivity contribution < 1.29 is 19.1 Å². The topological polar surface area (TPSA) is 84.5 Å². The molecule has 6 heteroatoms. The number of nitrogens with one attached hydrogen (secondary N) is 2. The number of hydrogen-bond acceptors (Lipinski definition) is 4. The average Bonchev–Trinajstić information content (AvgIpc) is 2.54. The van der Waals surface area contributed by atoms with E-state index in [-0.39, 0.29) is 6.42 Å². The normalized spacial score (nSPS) is 9.92. The molecule has 0 fully saturated rings. The molecular weight excluding hydrogens is 308 g/mol. The smallest absolute Gasteiger partial charge is 0.337 e. The van der Waals surface area contributed by atoms with Crippen LogP contribution in [-0.2, 0) is 14.3 Å². The van der Waals surface area contributed by atoms with Gasteiger partial charge in [-0.2, -0.15) is 0 Å². The standard InChI is InChI=1S/C18H18N2O4/c1-12-4-3-5-15(10-12)20-17(22)11-16(21)19-14-8-6-13(7-9-14)18(23)24-2/h3-10H,11H2,1-2H3,(H,19,21)(H,20,22). The van der Waals surface area contributed by atoms with E-state index < -0.39 is 17.8 Å². The molecule has 2 aromatic rings. The molecule has 124 valence electrons. The number of benzene rings is 2. The highest BCUT2D eigenvalue weighted by atomic mass is 16.5. The van der Waals surface area contributed by atoms with Crippen LogP contribution in [0.4, 0.5) is 11.4 Å². The Kier molecular flexibility index (Phi) is 5.68. The minimum absolute atomic E-state index is 0.299. The van der Waals surface area contributed by atoms with Crippen molar-refractivity contribution in [1.29, 1.82) is 0 Å². The Morgan fingerprint density at radius 3 is 2.12 bits per heavy atom. The number of carbonyl (C=O) groups is 3. The summed E-state index contributed by atoms with van der Waals surface area (Å²) in [4.78, 5) is 35.1. The number of ether oxygens (including phenoxy) is 1. The van der Waals surface area contributed by atoms with Gasteiger partial charge in [-0.25, -0.2) is 4.79 Å². The van der Waals surface area contributed by atoms with Crippen LogP contribution in [-0.4, -0.2) is 24.9 Å². The highest BCUT2D eigenvalue weighted by molar-refractivity contribution is 6.08. The number of amides is 2. The summed E-state index contributed by atoms with van der Waals surface area (Å²) >= 11 is 0. The Bertz CT molecular complexity index is 754. The van der Waals surface area contributed by atoms with Gasteiger partial charge in [-0.1, -0.05) is 12.1 Å². The van der Waals surface area contributed by atoms with Crippen molar-refractivity contribution in [3.05, 3.63) is 59.7 Å². The first kappa shape index (κ1) is 17.2. The largest absolute Gasteiger partial charge is 0.465 e. The minimum Gasteiger partial charge on any atom is -0.465 e. The second-order valence-electron chi connectivity index (χ2n) is 5.21. The minimum atomic E-state index is -0.453. The first-order chi connectivity index (χ1) is 11.5. The van der Waals surface area contributed by atoms with Crippen molar-refractivity contribution in [1.82, 2.24) is 0 Å². The predicted octanol–water partition coefficient (Wildman–Crippen LogP) is 2.75. The van der Waals surface area contributed by atoms with Gasteiger partial charge in [0.15, 0.2) is 0 Å². The Morgan fingerprint density at radius 2 is 1.54 bits per heavy atom. The van der Waals surface area contributed by atoms with Crippen LogP contribution in [0.2, 0.25) is 0 Å². The lowest BCUT2D eigenvalue weighted by Crippen LogP contribution is -2.21. The molecule has 0 bridgehead atoms. The monoisotopic (exact) mass is 326 g/mol. The molecule has 0 spiro atoms. The van der Waals surface area contributed by atoms with Crippen molar-refractivity contribution in [2.45, 2.75) is 13.3 Å². The van der Waals surface area contributed by atoms with E-state index in [4.69, 9.17) is 0 Å². The van der Waals surface area contributed by atoms with Gasteiger partial charge in [0.05, 0.1) is 12.7 Å². The maximum atomic E-state index is 11.9. The van der Waals surface area contributed by atoms with E-state index in [1.165, 1.54) is 19.2 Å². The van der Waals surface area contributed by atoms with Crippen LogP contribution in [0.3, 0.4) is 0 Å². The van der Waals surface area contributed by atoms with Gasteiger partial charge in [-0.05, 0) is 48.9 Å². The zero-order valence-corrected chi connectivity index (χ0v) is 13.5. The molecule has 2 rings (SSSR count). The van der Waals surface area contributed by atoms with Crippen LogP contribution in [0, 0.1) is 6.92 Å². The Morgan fingerprint density at radius 1 is 0.917 bits per heavy atom. The van der Waals surface area contributed by atoms with Gasteiger partial charge in [-0.3, -0.25) is 9.59 Å². The molecule has 0 aliphatic rings. The zero-order valence-electron chi connectivity index (χ0n) is 13.5. The van der Waals surface area contributed by atoms with E-state index in [1.807, 2.05) is 25.1 Å². The predicted molar refractivity (Wildman–Crippen MR) is 90.8 cm³/mol. The fourth-order valence-corrected chi connectivity index (χ4v) is 2.09. The molecule has 0 saturated carbocycles. The maximum Gasteiger partial charge on any atom is 0.337 e. The van der Waals surface area contributed by atoms with Crippen LogP contribution in [0.1, 0.15) is 22.3 Å². The molecule has 0 radical (unpaired) electrons. The van der Waals surface area contributed by atoms with E-state index in [0.717, 1.165) is 5.56 Å². The number of esters is 1. The summed E-state index contributed by atoms with van der Waals surface area (Å²) in [6, 6.07) is 13.5. The fourth-order valence-electron chi connectivity index (χ4n) is 2.09. The molecule has 0 atom stereocenters. The summed E-state index contributed by atoms with van der Waals surface area (Å²) in [5, 5.41) is 5.27. The second kappa shape index (κ2) is 7.92. The first-order valence-corrected chi connectivity index (χ1v) is 7.32. The van der Waals surface area contributed by atoms with E-state index >= 15 is 0 Å². The van der Waals surface area contributed by atoms with Gasteiger partial charge in [0.25, 0.3) is 0 Å². The van der Waals surface area contributed by atoms with Crippen LogP contribution in [0.25, 0.3) is 0 Å². The lowest BCUT2D eigenvalue weighted by atomic mass is 10.2. The van der Waals surface area contributed by atoms with E-state index in [2.05, 4.69) is 15.4 Å². The first-order valence-electron chi connectivity index (χ1n) is 7.32. The summed E-state index contributed by atoms with van der Waals surface area (Å²) in [6.07, 6.45) is -0.299. The molecule has 2 aromatic carbocycles. The molecular formula is C18H18N2O4. The highest BCUT2D eigenvalue weighted by Crippen LogP contribution is 2.12. The number of aryl methyl sites for hydroxylation is 1. The molecule has 0 aliphatic carbocycles. The quantitative estimate of drug-likeness (QED) is 0.653. The Balaban J connectivity index is 1.88. The van der Waals surface area contributed by atoms with E-state index in [1.54, 1.807) is 18.2 Å². The molecule has 6 nitrogen and oxygen atoms in total. The molecule has 2 amide bonds. The third kappa shape index (κ3) is 4.95. The molecule has 0 unspecified atom stereocenters. The van der Waals surface area contributed by atoms with Crippen LogP contribution < -0.4 is 10.6 Å². The van der Waals surface area contributed by atoms with Crippen LogP contribution in [0.15, 0.2) is 48.5 Å². The molecule has 2 N–H and O–H groups in total. The van der Waals surface area contributed by atoms with Crippen molar-refractivity contribution in [2.75, 3.05) is 17.7 Å². The zero-order chi connectivity index (χ0) is 17.5. The SMILES string of the molecule is COC(=O)c1ccc(NC(=O)CC(=O)Nc2cccc(C)c2)cc1. The van der Waals surface area contributed by atoms with Gasteiger partial charge in [-0.15, -0.1) is 0 Å². The van der Waals surface area contributed by atoms with Gasteiger partial charge in [0, 0.05) is 11.4 Å². The number of methoxy groups -OCH3 is 1. The molecule has 24 heavy (non-hydrogen) atoms. The average molecular weight is 326 g/mol. The number of anilines is 2. The van der Waals surface area contributed by atoms with Crippen molar-refractivity contribution in [3.63, 3.8) is 0 Å². The highest BCUT2D eigenvalue weighted by Gasteiger charge is 2.11. The molecule has 0 heterocycles. The Labute approximate surface area is 139 Å². The molecule has 0 aliphatic heterocycles. The van der Waals surface area contributed by atoms with E-state index in [0.29, 0.717) is 16.9 Å². The number of carbonyl (C=O) groups excluding carboxylic acids is 3. The third-order valence-electron chi connectivity index (χ3n) is 3.21. The van der Waals surface area contributed by atoms with Crippen LogP contribution in [0.5, 0.6) is 0 Å². The van der Waals surface area contributed by atoms with Gasteiger partial charge in [0.2, 0.25) is 11.8 Å². The van der Waals surface area contributed by atoms with Gasteiger partial charge >= 0.3 is 5.97 Å². The number of hydrogen-bond donors (Lipinski definition) is 2. The van der Waals surface area contributed by atoms with Crippen molar-refractivity contribution in [2.24, 2.45) is 0 Å². The van der Waals surface area contributed by atoms with E-state index in [9.17, 15) is 14.4 Å². The summed E-state index contributed by atoms with van der Waals surface area (Å²) in [7, 11) is 1.30. The van der Waals surface area contributed by atoms with Crippen LogP contribution >= 0.6 is 0 Å². The summed E-state index contributed by atoms with van der Waals surface area (Å²) in [6.45, 7) is 1.92. The second-order valence-corrected chi connectivity index (χ2v) is 5.21.